The monoisotopic (exact) mass is 297 g/mol. The highest BCUT2D eigenvalue weighted by Crippen LogP contribution is 2.25. The summed E-state index contributed by atoms with van der Waals surface area (Å²) >= 11 is 8.57. The number of halogens is 3. The summed E-state index contributed by atoms with van der Waals surface area (Å²) in [5.41, 5.74) is -0.0385. The van der Waals surface area contributed by atoms with Gasteiger partial charge in [-0.25, -0.2) is 9.37 Å². The largest absolute Gasteiger partial charge is 0.390 e. The van der Waals surface area contributed by atoms with Crippen molar-refractivity contribution in [2.24, 2.45) is 0 Å². The van der Waals surface area contributed by atoms with Crippen molar-refractivity contribution in [3.63, 3.8) is 0 Å². The SMILES string of the molecule is OC(CCBr)C(O)c1ccnc(Cl)c1F. The molecule has 1 rings (SSSR count). The molecule has 6 heteroatoms. The number of hydrogen-bond donors (Lipinski definition) is 2. The zero-order valence-corrected chi connectivity index (χ0v) is 10.0. The van der Waals surface area contributed by atoms with Gasteiger partial charge >= 0.3 is 0 Å². The van der Waals surface area contributed by atoms with Crippen LogP contribution in [0.15, 0.2) is 12.3 Å². The molecule has 2 unspecified atom stereocenters. The van der Waals surface area contributed by atoms with Gasteiger partial charge < -0.3 is 10.2 Å². The summed E-state index contributed by atoms with van der Waals surface area (Å²) < 4.78 is 13.4. The molecule has 84 valence electrons. The van der Waals surface area contributed by atoms with Gasteiger partial charge in [-0.15, -0.1) is 0 Å². The Balaban J connectivity index is 2.90. The molecule has 0 bridgehead atoms. The molecule has 15 heavy (non-hydrogen) atoms. The number of aromatic nitrogens is 1. The van der Waals surface area contributed by atoms with Crippen LogP contribution in [0.5, 0.6) is 0 Å². The van der Waals surface area contributed by atoms with Crippen LogP contribution < -0.4 is 0 Å². The Morgan fingerprint density at radius 1 is 1.53 bits per heavy atom. The molecule has 3 nitrogen and oxygen atoms in total. The van der Waals surface area contributed by atoms with E-state index in [0.717, 1.165) is 0 Å². The van der Waals surface area contributed by atoms with Crippen LogP contribution in [0, 0.1) is 5.82 Å². The molecular weight excluding hydrogens is 288 g/mol. The molecule has 2 atom stereocenters. The van der Waals surface area contributed by atoms with Crippen LogP contribution in [0.4, 0.5) is 4.39 Å². The van der Waals surface area contributed by atoms with Crippen molar-refractivity contribution >= 4 is 27.5 Å². The van der Waals surface area contributed by atoms with Gasteiger partial charge in [-0.1, -0.05) is 27.5 Å². The Morgan fingerprint density at radius 3 is 2.80 bits per heavy atom. The first-order chi connectivity index (χ1) is 7.07. The van der Waals surface area contributed by atoms with Gasteiger partial charge in [0.2, 0.25) is 0 Å². The molecule has 0 radical (unpaired) electrons. The van der Waals surface area contributed by atoms with Crippen LogP contribution >= 0.6 is 27.5 Å². The number of rotatable bonds is 4. The highest BCUT2D eigenvalue weighted by molar-refractivity contribution is 9.09. The topological polar surface area (TPSA) is 53.4 Å². The molecule has 0 spiro atoms. The molecule has 0 aliphatic heterocycles. The fraction of sp³-hybridized carbons (Fsp3) is 0.444. The minimum absolute atomic E-state index is 0.0385. The fourth-order valence-electron chi connectivity index (χ4n) is 1.14. The van der Waals surface area contributed by atoms with Crippen LogP contribution in [0.25, 0.3) is 0 Å². The standard InChI is InChI=1S/C9H10BrClFNO2/c10-3-1-6(14)8(15)5-2-4-13-9(11)7(5)12/h2,4,6,8,14-15H,1,3H2. The molecule has 1 heterocycles. The minimum atomic E-state index is -1.29. The molecule has 0 amide bonds. The number of hydrogen-bond acceptors (Lipinski definition) is 3. The number of aliphatic hydroxyl groups is 2. The van der Waals surface area contributed by atoms with Crippen LogP contribution in [-0.4, -0.2) is 26.6 Å². The predicted octanol–water partition coefficient (Wildman–Crippen LogP) is 2.05. The minimum Gasteiger partial charge on any atom is -0.390 e. The third kappa shape index (κ3) is 3.11. The molecule has 0 fully saturated rings. The van der Waals surface area contributed by atoms with E-state index >= 15 is 0 Å². The second-order valence-electron chi connectivity index (χ2n) is 2.99. The van der Waals surface area contributed by atoms with Gasteiger partial charge in [0.25, 0.3) is 0 Å². The summed E-state index contributed by atoms with van der Waals surface area (Å²) in [5.74, 6) is -0.791. The number of pyridine rings is 1. The van der Waals surface area contributed by atoms with Crippen molar-refractivity contribution in [3.05, 3.63) is 28.8 Å². The highest BCUT2D eigenvalue weighted by atomic mass is 79.9. The van der Waals surface area contributed by atoms with Crippen LogP contribution in [0.2, 0.25) is 5.15 Å². The second-order valence-corrected chi connectivity index (χ2v) is 4.15. The van der Waals surface area contributed by atoms with E-state index in [1.165, 1.54) is 12.3 Å². The van der Waals surface area contributed by atoms with Gasteiger partial charge in [-0.3, -0.25) is 0 Å². The van der Waals surface area contributed by atoms with Gasteiger partial charge in [-0.2, -0.15) is 0 Å². The Kier molecular flexibility index (Phi) is 4.92. The molecule has 0 aromatic carbocycles. The summed E-state index contributed by atoms with van der Waals surface area (Å²) in [6.07, 6.45) is -0.717. The third-order valence-electron chi connectivity index (χ3n) is 1.96. The van der Waals surface area contributed by atoms with Crippen molar-refractivity contribution in [1.29, 1.82) is 0 Å². The number of nitrogens with zero attached hydrogens (tertiary/aromatic N) is 1. The van der Waals surface area contributed by atoms with Gasteiger partial charge in [-0.05, 0) is 12.5 Å². The first kappa shape index (κ1) is 12.8. The maximum atomic E-state index is 13.4. The Labute approximate surface area is 100 Å². The molecule has 0 saturated heterocycles. The Bertz CT molecular complexity index is 340. The quantitative estimate of drug-likeness (QED) is 0.661. The van der Waals surface area contributed by atoms with E-state index in [4.69, 9.17) is 11.6 Å². The van der Waals surface area contributed by atoms with Gasteiger partial charge in [0.05, 0.1) is 6.10 Å². The van der Waals surface area contributed by atoms with Crippen LogP contribution in [-0.2, 0) is 0 Å². The van der Waals surface area contributed by atoms with Crippen molar-refractivity contribution in [1.82, 2.24) is 4.98 Å². The molecule has 1 aromatic heterocycles. The smallest absolute Gasteiger partial charge is 0.166 e. The lowest BCUT2D eigenvalue weighted by molar-refractivity contribution is 0.0152. The highest BCUT2D eigenvalue weighted by Gasteiger charge is 2.22. The zero-order chi connectivity index (χ0) is 11.4. The zero-order valence-electron chi connectivity index (χ0n) is 7.70. The average molecular weight is 299 g/mol. The number of alkyl halides is 1. The van der Waals surface area contributed by atoms with Crippen LogP contribution in [0.3, 0.4) is 0 Å². The molecule has 2 N–H and O–H groups in total. The van der Waals surface area contributed by atoms with E-state index in [-0.39, 0.29) is 10.7 Å². The second kappa shape index (κ2) is 5.75. The average Bonchev–Trinajstić information content (AvgIpc) is 2.21. The van der Waals surface area contributed by atoms with E-state index in [2.05, 4.69) is 20.9 Å². The summed E-state index contributed by atoms with van der Waals surface area (Å²) in [7, 11) is 0. The fourth-order valence-corrected chi connectivity index (χ4v) is 1.77. The van der Waals surface area contributed by atoms with E-state index in [9.17, 15) is 14.6 Å². The van der Waals surface area contributed by atoms with Crippen molar-refractivity contribution in [2.75, 3.05) is 5.33 Å². The Hall–Kier alpha value is -0.230. The predicted molar refractivity (Wildman–Crippen MR) is 58.6 cm³/mol. The van der Waals surface area contributed by atoms with E-state index in [0.29, 0.717) is 11.8 Å². The first-order valence-corrected chi connectivity index (χ1v) is 5.80. The molecule has 0 aliphatic rings. The normalized spacial score (nSPS) is 15.0. The molecular formula is C9H10BrClFNO2. The van der Waals surface area contributed by atoms with E-state index in [1.807, 2.05) is 0 Å². The lowest BCUT2D eigenvalue weighted by Crippen LogP contribution is -2.19. The summed E-state index contributed by atoms with van der Waals surface area (Å²) in [4.78, 5) is 3.52. The van der Waals surface area contributed by atoms with E-state index in [1.54, 1.807) is 0 Å². The maximum Gasteiger partial charge on any atom is 0.166 e. The maximum absolute atomic E-state index is 13.4. The lowest BCUT2D eigenvalue weighted by Gasteiger charge is -2.17. The van der Waals surface area contributed by atoms with Gasteiger partial charge in [0.1, 0.15) is 6.10 Å². The summed E-state index contributed by atoms with van der Waals surface area (Å²) in [5, 5.41) is 19.3. The first-order valence-electron chi connectivity index (χ1n) is 4.30. The molecule has 1 aromatic rings. The van der Waals surface area contributed by atoms with Crippen LogP contribution in [0.1, 0.15) is 18.1 Å². The third-order valence-corrected chi connectivity index (χ3v) is 2.69. The summed E-state index contributed by atoms with van der Waals surface area (Å²) in [6.45, 7) is 0. The number of aliphatic hydroxyl groups excluding tert-OH is 2. The van der Waals surface area contributed by atoms with Gasteiger partial charge in [0, 0.05) is 17.1 Å². The van der Waals surface area contributed by atoms with Gasteiger partial charge in [0.15, 0.2) is 11.0 Å². The van der Waals surface area contributed by atoms with Crippen molar-refractivity contribution < 1.29 is 14.6 Å². The molecule has 0 saturated carbocycles. The van der Waals surface area contributed by atoms with E-state index < -0.39 is 18.0 Å². The Morgan fingerprint density at radius 2 is 2.20 bits per heavy atom. The summed E-state index contributed by atoms with van der Waals surface area (Å²) in [6, 6.07) is 1.29. The molecule has 0 aliphatic carbocycles. The lowest BCUT2D eigenvalue weighted by atomic mass is 10.0. The van der Waals surface area contributed by atoms with Crippen molar-refractivity contribution in [3.8, 4) is 0 Å². The van der Waals surface area contributed by atoms with Crippen molar-refractivity contribution in [2.45, 2.75) is 18.6 Å².